The van der Waals surface area contributed by atoms with Gasteiger partial charge in [-0.3, -0.25) is 4.79 Å². The van der Waals surface area contributed by atoms with Crippen LogP contribution in [0.2, 0.25) is 5.02 Å². The summed E-state index contributed by atoms with van der Waals surface area (Å²) >= 11 is 5.97. The standard InChI is InChI=1S/C20H22ClNO4/c1-3-17(26-16-6-4-5-15(21)12-16)20(23)22-13(2)14-7-8-18-19(11-14)25-10-9-24-18/h4-8,11-13,17H,3,9-10H2,1-2H3,(H,22,23)/t13-,17-/m1/s1. The van der Waals surface area contributed by atoms with Crippen molar-refractivity contribution in [1.82, 2.24) is 5.32 Å². The second-order valence-electron chi connectivity index (χ2n) is 6.11. The zero-order chi connectivity index (χ0) is 18.5. The summed E-state index contributed by atoms with van der Waals surface area (Å²) in [5, 5.41) is 3.57. The topological polar surface area (TPSA) is 56.8 Å². The molecule has 0 fully saturated rings. The van der Waals surface area contributed by atoms with Crippen LogP contribution in [0, 0.1) is 0 Å². The van der Waals surface area contributed by atoms with Gasteiger partial charge in [-0.15, -0.1) is 0 Å². The van der Waals surface area contributed by atoms with Crippen LogP contribution in [0.4, 0.5) is 0 Å². The average molecular weight is 376 g/mol. The van der Waals surface area contributed by atoms with Crippen molar-refractivity contribution < 1.29 is 19.0 Å². The van der Waals surface area contributed by atoms with Crippen LogP contribution in [0.15, 0.2) is 42.5 Å². The molecule has 26 heavy (non-hydrogen) atoms. The Morgan fingerprint density at radius 2 is 1.96 bits per heavy atom. The van der Waals surface area contributed by atoms with E-state index in [4.69, 9.17) is 25.8 Å². The average Bonchev–Trinajstić information content (AvgIpc) is 2.65. The summed E-state index contributed by atoms with van der Waals surface area (Å²) in [6, 6.07) is 12.5. The number of carbonyl (C=O) groups excluding carboxylic acids is 1. The van der Waals surface area contributed by atoms with Crippen molar-refractivity contribution in [2.75, 3.05) is 13.2 Å². The van der Waals surface area contributed by atoms with Gasteiger partial charge in [-0.05, 0) is 49.2 Å². The molecule has 0 aliphatic carbocycles. The lowest BCUT2D eigenvalue weighted by Crippen LogP contribution is -2.39. The summed E-state index contributed by atoms with van der Waals surface area (Å²) in [4.78, 5) is 12.6. The summed E-state index contributed by atoms with van der Waals surface area (Å²) < 4.78 is 16.9. The molecule has 1 amide bonds. The summed E-state index contributed by atoms with van der Waals surface area (Å²) in [5.41, 5.74) is 0.945. The van der Waals surface area contributed by atoms with E-state index < -0.39 is 6.10 Å². The van der Waals surface area contributed by atoms with Crippen LogP contribution in [0.25, 0.3) is 0 Å². The predicted octanol–water partition coefficient (Wildman–Crippen LogP) is 4.15. The van der Waals surface area contributed by atoms with E-state index in [1.165, 1.54) is 0 Å². The van der Waals surface area contributed by atoms with Crippen LogP contribution in [-0.4, -0.2) is 25.2 Å². The molecule has 2 atom stereocenters. The van der Waals surface area contributed by atoms with Gasteiger partial charge >= 0.3 is 0 Å². The van der Waals surface area contributed by atoms with Gasteiger partial charge in [0.25, 0.3) is 5.91 Å². The molecule has 0 unspecified atom stereocenters. The fourth-order valence-corrected chi connectivity index (χ4v) is 2.93. The molecule has 2 aromatic carbocycles. The molecule has 1 heterocycles. The zero-order valence-corrected chi connectivity index (χ0v) is 15.6. The molecule has 2 aromatic rings. The molecule has 6 heteroatoms. The highest BCUT2D eigenvalue weighted by atomic mass is 35.5. The van der Waals surface area contributed by atoms with Crippen molar-refractivity contribution in [3.63, 3.8) is 0 Å². The van der Waals surface area contributed by atoms with Crippen LogP contribution >= 0.6 is 11.6 Å². The van der Waals surface area contributed by atoms with Crippen LogP contribution in [0.5, 0.6) is 17.2 Å². The molecule has 0 spiro atoms. The normalized spacial score (nSPS) is 15.0. The van der Waals surface area contributed by atoms with Crippen molar-refractivity contribution in [3.05, 3.63) is 53.1 Å². The molecular weight excluding hydrogens is 354 g/mol. The highest BCUT2D eigenvalue weighted by molar-refractivity contribution is 6.30. The number of hydrogen-bond donors (Lipinski definition) is 1. The maximum absolute atomic E-state index is 12.6. The second kappa shape index (κ2) is 8.32. The molecule has 1 aliphatic rings. The van der Waals surface area contributed by atoms with Gasteiger partial charge in [-0.25, -0.2) is 0 Å². The minimum atomic E-state index is -0.590. The molecule has 5 nitrogen and oxygen atoms in total. The Hall–Kier alpha value is -2.40. The van der Waals surface area contributed by atoms with E-state index in [9.17, 15) is 4.79 Å². The van der Waals surface area contributed by atoms with Gasteiger partial charge in [0.05, 0.1) is 6.04 Å². The predicted molar refractivity (Wildman–Crippen MR) is 100 cm³/mol. The third-order valence-corrected chi connectivity index (χ3v) is 4.40. The van der Waals surface area contributed by atoms with E-state index in [0.29, 0.717) is 36.2 Å². The number of benzene rings is 2. The van der Waals surface area contributed by atoms with Crippen LogP contribution in [0.1, 0.15) is 31.9 Å². The first-order valence-electron chi connectivity index (χ1n) is 8.69. The molecule has 0 saturated heterocycles. The minimum Gasteiger partial charge on any atom is -0.486 e. The monoisotopic (exact) mass is 375 g/mol. The van der Waals surface area contributed by atoms with E-state index in [2.05, 4.69) is 5.32 Å². The minimum absolute atomic E-state index is 0.171. The number of rotatable bonds is 6. The molecular formula is C20H22ClNO4. The van der Waals surface area contributed by atoms with E-state index in [1.54, 1.807) is 24.3 Å². The highest BCUT2D eigenvalue weighted by Crippen LogP contribution is 2.32. The molecule has 1 N–H and O–H groups in total. The highest BCUT2D eigenvalue weighted by Gasteiger charge is 2.22. The molecule has 138 valence electrons. The second-order valence-corrected chi connectivity index (χ2v) is 6.54. The third-order valence-electron chi connectivity index (χ3n) is 4.16. The molecule has 0 radical (unpaired) electrons. The van der Waals surface area contributed by atoms with Gasteiger partial charge in [0.15, 0.2) is 17.6 Å². The fourth-order valence-electron chi connectivity index (χ4n) is 2.75. The molecule has 0 saturated carbocycles. The number of hydrogen-bond acceptors (Lipinski definition) is 4. The summed E-state index contributed by atoms with van der Waals surface area (Å²) in [5.74, 6) is 1.84. The van der Waals surface area contributed by atoms with Gasteiger partial charge in [0.2, 0.25) is 0 Å². The molecule has 1 aliphatic heterocycles. The summed E-state index contributed by atoms with van der Waals surface area (Å²) in [7, 11) is 0. The Morgan fingerprint density at radius 3 is 2.69 bits per heavy atom. The number of ether oxygens (including phenoxy) is 3. The first-order valence-corrected chi connectivity index (χ1v) is 9.06. The Bertz CT molecular complexity index is 780. The maximum Gasteiger partial charge on any atom is 0.261 e. The Kier molecular flexibility index (Phi) is 5.89. The van der Waals surface area contributed by atoms with Gasteiger partial charge < -0.3 is 19.5 Å². The fraction of sp³-hybridized carbons (Fsp3) is 0.350. The SMILES string of the molecule is CC[C@@H](Oc1cccc(Cl)c1)C(=O)N[C@H](C)c1ccc2c(c1)OCCO2. The molecule has 3 rings (SSSR count). The third kappa shape index (κ3) is 4.41. The smallest absolute Gasteiger partial charge is 0.261 e. The van der Waals surface area contributed by atoms with Crippen LogP contribution in [-0.2, 0) is 4.79 Å². The van der Waals surface area contributed by atoms with Gasteiger partial charge in [0, 0.05) is 5.02 Å². The van der Waals surface area contributed by atoms with Gasteiger partial charge in [-0.1, -0.05) is 30.7 Å². The molecule has 0 aromatic heterocycles. The van der Waals surface area contributed by atoms with E-state index in [1.807, 2.05) is 32.0 Å². The van der Waals surface area contributed by atoms with Crippen molar-refractivity contribution in [3.8, 4) is 17.2 Å². The quantitative estimate of drug-likeness (QED) is 0.824. The Morgan fingerprint density at radius 1 is 1.19 bits per heavy atom. The number of nitrogens with one attached hydrogen (secondary N) is 1. The first-order chi connectivity index (χ1) is 12.6. The van der Waals surface area contributed by atoms with Crippen LogP contribution in [0.3, 0.4) is 0 Å². The van der Waals surface area contributed by atoms with Crippen molar-refractivity contribution in [2.24, 2.45) is 0 Å². The number of fused-ring (bicyclic) bond motifs is 1. The zero-order valence-electron chi connectivity index (χ0n) is 14.8. The van der Waals surface area contributed by atoms with Crippen molar-refractivity contribution >= 4 is 17.5 Å². The largest absolute Gasteiger partial charge is 0.486 e. The lowest BCUT2D eigenvalue weighted by Gasteiger charge is -2.23. The van der Waals surface area contributed by atoms with Gasteiger partial charge in [-0.2, -0.15) is 0 Å². The summed E-state index contributed by atoms with van der Waals surface area (Å²) in [6.45, 7) is 4.92. The summed E-state index contributed by atoms with van der Waals surface area (Å²) in [6.07, 6.45) is -0.0419. The lowest BCUT2D eigenvalue weighted by atomic mass is 10.1. The molecule has 0 bridgehead atoms. The number of amides is 1. The number of carbonyl (C=O) groups is 1. The van der Waals surface area contributed by atoms with Crippen molar-refractivity contribution in [2.45, 2.75) is 32.4 Å². The Balaban J connectivity index is 1.65. The number of halogens is 1. The van der Waals surface area contributed by atoms with Crippen molar-refractivity contribution in [1.29, 1.82) is 0 Å². The van der Waals surface area contributed by atoms with E-state index >= 15 is 0 Å². The first kappa shape index (κ1) is 18.4. The Labute approximate surface area is 158 Å². The van der Waals surface area contributed by atoms with Crippen LogP contribution < -0.4 is 19.5 Å². The van der Waals surface area contributed by atoms with E-state index in [0.717, 1.165) is 11.3 Å². The lowest BCUT2D eigenvalue weighted by molar-refractivity contribution is -0.128. The van der Waals surface area contributed by atoms with Gasteiger partial charge in [0.1, 0.15) is 19.0 Å². The maximum atomic E-state index is 12.6. The van der Waals surface area contributed by atoms with E-state index in [-0.39, 0.29) is 11.9 Å².